The first kappa shape index (κ1) is 11.0. The van der Waals surface area contributed by atoms with Crippen LogP contribution in [0.5, 0.6) is 0 Å². The largest absolute Gasteiger partial charge is 0.314 e. The van der Waals surface area contributed by atoms with E-state index >= 15 is 0 Å². The SMILES string of the molecule is CC1(N)C(=O)N(c2ccccc2)c2ccccc21. The lowest BCUT2D eigenvalue weighted by atomic mass is 9.95. The van der Waals surface area contributed by atoms with Gasteiger partial charge in [0.15, 0.2) is 0 Å². The Morgan fingerprint density at radius 1 is 1.00 bits per heavy atom. The van der Waals surface area contributed by atoms with Crippen LogP contribution < -0.4 is 10.6 Å². The van der Waals surface area contributed by atoms with Gasteiger partial charge in [0, 0.05) is 11.3 Å². The second kappa shape index (κ2) is 3.68. The van der Waals surface area contributed by atoms with Crippen LogP contribution in [0, 0.1) is 0 Å². The molecule has 0 aliphatic carbocycles. The number of fused-ring (bicyclic) bond motifs is 1. The minimum absolute atomic E-state index is 0.0881. The number of rotatable bonds is 1. The Kier molecular flexibility index (Phi) is 2.25. The van der Waals surface area contributed by atoms with Crippen molar-refractivity contribution in [3.8, 4) is 0 Å². The Hall–Kier alpha value is -2.13. The molecule has 3 rings (SSSR count). The van der Waals surface area contributed by atoms with Gasteiger partial charge in [0.2, 0.25) is 0 Å². The molecule has 2 aromatic carbocycles. The van der Waals surface area contributed by atoms with Crippen molar-refractivity contribution in [3.05, 3.63) is 60.2 Å². The smallest absolute Gasteiger partial charge is 0.256 e. The molecule has 1 atom stereocenters. The van der Waals surface area contributed by atoms with Gasteiger partial charge in [-0.15, -0.1) is 0 Å². The summed E-state index contributed by atoms with van der Waals surface area (Å²) in [5, 5.41) is 0. The molecule has 0 aromatic heterocycles. The number of hydrogen-bond donors (Lipinski definition) is 1. The monoisotopic (exact) mass is 238 g/mol. The van der Waals surface area contributed by atoms with Crippen LogP contribution in [0.1, 0.15) is 12.5 Å². The fourth-order valence-corrected chi connectivity index (χ4v) is 2.40. The minimum Gasteiger partial charge on any atom is -0.314 e. The number of amides is 1. The van der Waals surface area contributed by atoms with Gasteiger partial charge < -0.3 is 5.73 Å². The first-order valence-electron chi connectivity index (χ1n) is 5.90. The lowest BCUT2D eigenvalue weighted by Gasteiger charge is -2.20. The molecule has 3 nitrogen and oxygen atoms in total. The summed E-state index contributed by atoms with van der Waals surface area (Å²) < 4.78 is 0. The highest BCUT2D eigenvalue weighted by atomic mass is 16.2. The lowest BCUT2D eigenvalue weighted by Crippen LogP contribution is -2.43. The highest BCUT2D eigenvalue weighted by molar-refractivity contribution is 6.12. The van der Waals surface area contributed by atoms with Crippen molar-refractivity contribution < 1.29 is 4.79 Å². The molecule has 0 saturated heterocycles. The molecule has 1 aliphatic rings. The third kappa shape index (κ3) is 1.38. The molecule has 2 N–H and O–H groups in total. The highest BCUT2D eigenvalue weighted by Gasteiger charge is 2.44. The molecule has 1 heterocycles. The number of carbonyl (C=O) groups excluding carboxylic acids is 1. The minimum atomic E-state index is -0.952. The Balaban J connectivity index is 2.21. The van der Waals surface area contributed by atoms with Crippen LogP contribution in [0.2, 0.25) is 0 Å². The van der Waals surface area contributed by atoms with Crippen molar-refractivity contribution in [3.63, 3.8) is 0 Å². The summed E-state index contributed by atoms with van der Waals surface area (Å²) in [7, 11) is 0. The number of benzene rings is 2. The van der Waals surface area contributed by atoms with Crippen molar-refractivity contribution in [2.24, 2.45) is 5.73 Å². The number of anilines is 2. The molecule has 1 aliphatic heterocycles. The zero-order valence-corrected chi connectivity index (χ0v) is 10.1. The second-order valence-electron chi connectivity index (χ2n) is 4.70. The van der Waals surface area contributed by atoms with Gasteiger partial charge in [-0.05, 0) is 25.1 Å². The molecule has 0 fully saturated rings. The molecule has 0 saturated carbocycles. The summed E-state index contributed by atoms with van der Waals surface area (Å²) in [5.41, 5.74) is 7.82. The average Bonchev–Trinajstić information content (AvgIpc) is 2.60. The number of para-hydroxylation sites is 2. The van der Waals surface area contributed by atoms with Gasteiger partial charge >= 0.3 is 0 Å². The Bertz CT molecular complexity index is 605. The van der Waals surface area contributed by atoms with Crippen LogP contribution in [-0.2, 0) is 10.3 Å². The van der Waals surface area contributed by atoms with E-state index in [0.29, 0.717) is 0 Å². The summed E-state index contributed by atoms with van der Waals surface area (Å²) in [6.07, 6.45) is 0. The summed E-state index contributed by atoms with van der Waals surface area (Å²) in [6, 6.07) is 17.3. The van der Waals surface area contributed by atoms with E-state index < -0.39 is 5.54 Å². The molecular weight excluding hydrogens is 224 g/mol. The fraction of sp³-hybridized carbons (Fsp3) is 0.133. The van der Waals surface area contributed by atoms with Crippen LogP contribution in [0.15, 0.2) is 54.6 Å². The van der Waals surface area contributed by atoms with Gasteiger partial charge in [0.25, 0.3) is 5.91 Å². The molecule has 0 bridgehead atoms. The fourth-order valence-electron chi connectivity index (χ4n) is 2.40. The molecule has 1 amide bonds. The number of nitrogens with zero attached hydrogens (tertiary/aromatic N) is 1. The lowest BCUT2D eigenvalue weighted by molar-refractivity contribution is -0.121. The zero-order chi connectivity index (χ0) is 12.8. The van der Waals surface area contributed by atoms with Gasteiger partial charge in [-0.3, -0.25) is 9.69 Å². The van der Waals surface area contributed by atoms with E-state index in [2.05, 4.69) is 0 Å². The van der Waals surface area contributed by atoms with Crippen LogP contribution in [0.3, 0.4) is 0 Å². The third-order valence-electron chi connectivity index (χ3n) is 3.37. The topological polar surface area (TPSA) is 46.3 Å². The predicted molar refractivity (Wildman–Crippen MR) is 71.6 cm³/mol. The van der Waals surface area contributed by atoms with E-state index in [9.17, 15) is 4.79 Å². The molecule has 1 unspecified atom stereocenters. The summed E-state index contributed by atoms with van der Waals surface area (Å²) in [5.74, 6) is -0.0881. The summed E-state index contributed by atoms with van der Waals surface area (Å²) >= 11 is 0. The number of carbonyl (C=O) groups is 1. The van der Waals surface area contributed by atoms with Crippen molar-refractivity contribution >= 4 is 17.3 Å². The molecule has 3 heteroatoms. The molecule has 90 valence electrons. The van der Waals surface area contributed by atoms with Crippen molar-refractivity contribution in [2.45, 2.75) is 12.5 Å². The van der Waals surface area contributed by atoms with Gasteiger partial charge in [-0.2, -0.15) is 0 Å². The Labute approximate surface area is 106 Å². The number of hydrogen-bond acceptors (Lipinski definition) is 2. The van der Waals surface area contributed by atoms with E-state index in [1.807, 2.05) is 54.6 Å². The standard InChI is InChI=1S/C15H14N2O/c1-15(16)12-9-5-6-10-13(12)17(14(15)18)11-7-3-2-4-8-11/h2-10H,16H2,1H3. The maximum atomic E-state index is 12.5. The molecular formula is C15H14N2O. The van der Waals surface area contributed by atoms with E-state index in [-0.39, 0.29) is 5.91 Å². The van der Waals surface area contributed by atoms with Crippen LogP contribution in [0.4, 0.5) is 11.4 Å². The van der Waals surface area contributed by atoms with Gasteiger partial charge in [0.1, 0.15) is 5.54 Å². The summed E-state index contributed by atoms with van der Waals surface area (Å²) in [6.45, 7) is 1.76. The van der Waals surface area contributed by atoms with E-state index in [0.717, 1.165) is 16.9 Å². The first-order valence-corrected chi connectivity index (χ1v) is 5.90. The van der Waals surface area contributed by atoms with Crippen LogP contribution in [-0.4, -0.2) is 5.91 Å². The average molecular weight is 238 g/mol. The van der Waals surface area contributed by atoms with Crippen LogP contribution in [0.25, 0.3) is 0 Å². The van der Waals surface area contributed by atoms with Crippen molar-refractivity contribution in [2.75, 3.05) is 4.90 Å². The maximum Gasteiger partial charge on any atom is 0.256 e. The van der Waals surface area contributed by atoms with Gasteiger partial charge in [0.05, 0.1) is 5.69 Å². The second-order valence-corrected chi connectivity index (χ2v) is 4.70. The normalized spacial score (nSPS) is 22.1. The molecule has 2 aromatic rings. The van der Waals surface area contributed by atoms with Gasteiger partial charge in [-0.25, -0.2) is 0 Å². The quantitative estimate of drug-likeness (QED) is 0.829. The maximum absolute atomic E-state index is 12.5. The highest BCUT2D eigenvalue weighted by Crippen LogP contribution is 2.42. The van der Waals surface area contributed by atoms with E-state index in [1.165, 1.54) is 0 Å². The van der Waals surface area contributed by atoms with Gasteiger partial charge in [-0.1, -0.05) is 36.4 Å². The molecule has 0 spiro atoms. The molecule has 0 radical (unpaired) electrons. The zero-order valence-electron chi connectivity index (χ0n) is 10.1. The predicted octanol–water partition coefficient (Wildman–Crippen LogP) is 2.54. The molecule has 18 heavy (non-hydrogen) atoms. The Morgan fingerprint density at radius 2 is 1.61 bits per heavy atom. The van der Waals surface area contributed by atoms with Crippen molar-refractivity contribution in [1.29, 1.82) is 0 Å². The third-order valence-corrected chi connectivity index (χ3v) is 3.37. The Morgan fingerprint density at radius 3 is 2.33 bits per heavy atom. The first-order chi connectivity index (χ1) is 8.62. The van der Waals surface area contributed by atoms with E-state index in [4.69, 9.17) is 5.73 Å². The van der Waals surface area contributed by atoms with Crippen molar-refractivity contribution in [1.82, 2.24) is 0 Å². The number of nitrogens with two attached hydrogens (primary N) is 1. The van der Waals surface area contributed by atoms with E-state index in [1.54, 1.807) is 11.8 Å². The van der Waals surface area contributed by atoms with Crippen LogP contribution >= 0.6 is 0 Å². The summed E-state index contributed by atoms with van der Waals surface area (Å²) in [4.78, 5) is 14.2.